The van der Waals surface area contributed by atoms with E-state index in [9.17, 15) is 0 Å². The van der Waals surface area contributed by atoms with Gasteiger partial charge in [-0.1, -0.05) is 0 Å². The molecule has 8 heteroatoms. The summed E-state index contributed by atoms with van der Waals surface area (Å²) in [6.07, 6.45) is 3.52. The van der Waals surface area contributed by atoms with Crippen LogP contribution in [0.1, 0.15) is 11.1 Å². The molecule has 1 aromatic carbocycles. The Balaban J connectivity index is 0.00000192. The molecule has 0 spiro atoms. The summed E-state index contributed by atoms with van der Waals surface area (Å²) >= 11 is 0. The van der Waals surface area contributed by atoms with Crippen molar-refractivity contribution in [1.29, 1.82) is 0 Å². The predicted octanol–water partition coefficient (Wildman–Crippen LogP) is 1.66. The Labute approximate surface area is 149 Å². The smallest absolute Gasteiger partial charge is 0.0899 e. The zero-order chi connectivity index (χ0) is 15.5. The van der Waals surface area contributed by atoms with Crippen molar-refractivity contribution in [3.63, 3.8) is 0 Å². The fourth-order valence-electron chi connectivity index (χ4n) is 2.31. The number of hydrazone groups is 2. The van der Waals surface area contributed by atoms with Crippen molar-refractivity contribution in [2.75, 3.05) is 14.1 Å². The monoisotopic (exact) mass is 486 g/mol. The van der Waals surface area contributed by atoms with Gasteiger partial charge in [0.25, 0.3) is 0 Å². The molecule has 2 heterocycles. The molecule has 0 amide bonds. The van der Waals surface area contributed by atoms with Gasteiger partial charge < -0.3 is 19.8 Å². The number of benzene rings is 1. The SMILES string of the molecule is [C-]#[N+]c1cc(CN2C=NN(C)[CH-]2)[c-]c(CN2C=NN(C)[CH-]2)c1.[Os]. The van der Waals surface area contributed by atoms with Gasteiger partial charge in [0.05, 0.1) is 24.9 Å². The molecule has 7 nitrogen and oxygen atoms in total. The maximum Gasteiger partial charge on any atom is 0.0899 e. The van der Waals surface area contributed by atoms with Crippen LogP contribution >= 0.6 is 0 Å². The molecule has 3 rings (SSSR count). The van der Waals surface area contributed by atoms with Crippen LogP contribution in [0.4, 0.5) is 5.69 Å². The van der Waals surface area contributed by atoms with Crippen LogP contribution in [0.5, 0.6) is 0 Å². The quantitative estimate of drug-likeness (QED) is 0.610. The Morgan fingerprint density at radius 1 is 1.04 bits per heavy atom. The average Bonchev–Trinajstić information content (AvgIpc) is 3.07. The van der Waals surface area contributed by atoms with Crippen LogP contribution in [0.3, 0.4) is 0 Å². The van der Waals surface area contributed by atoms with Gasteiger partial charge in [0.2, 0.25) is 0 Å². The fourth-order valence-corrected chi connectivity index (χ4v) is 2.31. The summed E-state index contributed by atoms with van der Waals surface area (Å²) in [6, 6.07) is 7.11. The summed E-state index contributed by atoms with van der Waals surface area (Å²) in [7, 11) is 3.75. The van der Waals surface area contributed by atoms with Gasteiger partial charge in [0, 0.05) is 19.8 Å². The molecule has 0 saturated carbocycles. The number of rotatable bonds is 4. The van der Waals surface area contributed by atoms with E-state index in [0.29, 0.717) is 18.8 Å². The van der Waals surface area contributed by atoms with E-state index in [4.69, 9.17) is 6.57 Å². The molecule has 0 saturated heterocycles. The first-order chi connectivity index (χ1) is 10.6. The molecule has 0 aromatic heterocycles. The molecule has 0 atom stereocenters. The molecule has 0 bridgehead atoms. The fraction of sp³-hybridized carbons (Fsp3) is 0.267. The summed E-state index contributed by atoms with van der Waals surface area (Å²) in [5, 5.41) is 11.8. The van der Waals surface area contributed by atoms with Crippen LogP contribution in [0, 0.1) is 26.0 Å². The minimum absolute atomic E-state index is 0. The van der Waals surface area contributed by atoms with Crippen LogP contribution in [0.25, 0.3) is 4.85 Å². The molecule has 0 aliphatic carbocycles. The van der Waals surface area contributed by atoms with E-state index in [1.807, 2.05) is 49.4 Å². The summed E-state index contributed by atoms with van der Waals surface area (Å²) in [5.41, 5.74) is 2.55. The average molecular weight is 485 g/mol. The largest absolute Gasteiger partial charge is 0.489 e. The molecule has 0 unspecified atom stereocenters. The first-order valence-corrected chi connectivity index (χ1v) is 6.80. The molecule has 0 radical (unpaired) electrons. The normalized spacial score (nSPS) is 16.0. The predicted molar refractivity (Wildman–Crippen MR) is 83.7 cm³/mol. The van der Waals surface area contributed by atoms with Crippen molar-refractivity contribution in [2.45, 2.75) is 13.1 Å². The summed E-state index contributed by atoms with van der Waals surface area (Å²) < 4.78 is 0. The minimum Gasteiger partial charge on any atom is -0.489 e. The third kappa shape index (κ3) is 4.43. The van der Waals surface area contributed by atoms with Gasteiger partial charge >= 0.3 is 0 Å². The summed E-state index contributed by atoms with van der Waals surface area (Å²) in [5.74, 6) is 0. The van der Waals surface area contributed by atoms with Gasteiger partial charge in [0.1, 0.15) is 0 Å². The van der Waals surface area contributed by atoms with Crippen molar-refractivity contribution < 1.29 is 19.8 Å². The Kier molecular flexibility index (Phi) is 5.57. The number of hydrogen-bond acceptors (Lipinski definition) is 6. The van der Waals surface area contributed by atoms with Crippen molar-refractivity contribution in [2.24, 2.45) is 10.2 Å². The maximum atomic E-state index is 7.27. The molecule has 1 aromatic rings. The second-order valence-electron chi connectivity index (χ2n) is 5.19. The summed E-state index contributed by atoms with van der Waals surface area (Å²) in [4.78, 5) is 7.47. The van der Waals surface area contributed by atoms with Crippen LogP contribution in [0.15, 0.2) is 22.3 Å². The van der Waals surface area contributed by atoms with Gasteiger partial charge in [0.15, 0.2) is 0 Å². The van der Waals surface area contributed by atoms with Crippen molar-refractivity contribution in [3.8, 4) is 0 Å². The third-order valence-electron chi connectivity index (χ3n) is 3.20. The molecule has 23 heavy (non-hydrogen) atoms. The molecule has 2 aliphatic rings. The summed E-state index contributed by atoms with van der Waals surface area (Å²) in [6.45, 7) is 12.3. The first-order valence-electron chi connectivity index (χ1n) is 6.80. The maximum absolute atomic E-state index is 7.27. The zero-order valence-corrected chi connectivity index (χ0v) is 15.4. The Morgan fingerprint density at radius 3 is 1.87 bits per heavy atom. The van der Waals surface area contributed by atoms with Gasteiger partial charge in [-0.2, -0.15) is 29.3 Å². The topological polar surface area (TPSA) is 42.0 Å². The van der Waals surface area contributed by atoms with Gasteiger partial charge in [-0.3, -0.25) is 4.85 Å². The first kappa shape index (κ1) is 17.2. The van der Waals surface area contributed by atoms with Gasteiger partial charge in [-0.05, 0) is 27.2 Å². The molecule has 0 N–H and O–H groups in total. The molecule has 2 aliphatic heterocycles. The molecule has 0 fully saturated rings. The number of hydrogen-bond donors (Lipinski definition) is 0. The van der Waals surface area contributed by atoms with E-state index in [2.05, 4.69) is 21.1 Å². The molecule has 122 valence electrons. The van der Waals surface area contributed by atoms with Crippen LogP contribution in [-0.2, 0) is 32.9 Å². The third-order valence-corrected chi connectivity index (χ3v) is 3.20. The van der Waals surface area contributed by atoms with E-state index in [1.165, 1.54) is 0 Å². The van der Waals surface area contributed by atoms with Crippen LogP contribution < -0.4 is 0 Å². The van der Waals surface area contributed by atoms with Crippen LogP contribution in [0.2, 0.25) is 0 Å². The Hall–Kier alpha value is -2.11. The Bertz CT molecular complexity index is 605. The van der Waals surface area contributed by atoms with E-state index in [-0.39, 0.29) is 19.8 Å². The second-order valence-corrected chi connectivity index (χ2v) is 5.19. The van der Waals surface area contributed by atoms with Gasteiger partial charge in [-0.15, -0.1) is 13.3 Å². The van der Waals surface area contributed by atoms with E-state index in [1.54, 1.807) is 22.7 Å². The molecular weight excluding hydrogens is 468 g/mol. The van der Waals surface area contributed by atoms with Gasteiger partial charge in [-0.25, -0.2) is 10.2 Å². The zero-order valence-electron chi connectivity index (χ0n) is 12.9. The van der Waals surface area contributed by atoms with E-state index in [0.717, 1.165) is 11.1 Å². The standard InChI is InChI=1S/C15H16N7.Os/c1-16-15-5-13(7-21-9-17-19(2)11-21)4-14(6-15)8-22-10-18-20(3)12-22;/h5-6,9-12H,7-8H2,2-3H3;/q-3;. The number of nitrogens with zero attached hydrogens (tertiary/aromatic N) is 7. The second kappa shape index (κ2) is 7.44. The van der Waals surface area contributed by atoms with Crippen molar-refractivity contribution in [1.82, 2.24) is 19.8 Å². The van der Waals surface area contributed by atoms with Crippen molar-refractivity contribution >= 4 is 18.4 Å². The van der Waals surface area contributed by atoms with Crippen LogP contribution in [-0.4, -0.2) is 46.6 Å². The van der Waals surface area contributed by atoms with Crippen molar-refractivity contribution in [3.05, 3.63) is 54.1 Å². The Morgan fingerprint density at radius 2 is 1.52 bits per heavy atom. The minimum atomic E-state index is 0. The van der Waals surface area contributed by atoms with E-state index < -0.39 is 0 Å². The van der Waals surface area contributed by atoms with E-state index >= 15 is 0 Å². The molecular formula is C15H16N7Os-3.